The standard InChI is InChI=1S/2C19H19.C2H6Si.2ClH.Zr/c2*1-4-15-11-16-6-5-7-18(19(16)12-15)17-9-8-13(2)14(3)10-17;1-3-2;;;/h2*5-12H,4H2,1-3H3;1-2H3;2*1H;/q2*-1;;;;+4/p-2. The SMILES string of the molecule is CCc1cc2c(-c3ccc(C)c(C)c3)cccc2[cH-]1.CCc1cc2c(-c3ccc(C)c(C)c3)cccc2[cH-]1.C[Si]C.[Cl][Zr+2][Cl]. The van der Waals surface area contributed by atoms with Crippen LogP contribution in [-0.4, -0.2) is 9.52 Å². The Balaban J connectivity index is 0.000000204. The van der Waals surface area contributed by atoms with Crippen LogP contribution in [0.15, 0.2) is 97.1 Å². The Morgan fingerprint density at radius 2 is 0.932 bits per heavy atom. The van der Waals surface area contributed by atoms with Crippen molar-refractivity contribution in [1.29, 1.82) is 0 Å². The molecule has 0 aliphatic heterocycles. The summed E-state index contributed by atoms with van der Waals surface area (Å²) in [6.07, 6.45) is 2.20. The Hall–Kier alpha value is -2.22. The van der Waals surface area contributed by atoms with E-state index in [1.54, 1.807) is 0 Å². The van der Waals surface area contributed by atoms with E-state index >= 15 is 0 Å². The molecule has 0 bridgehead atoms. The topological polar surface area (TPSA) is 0 Å². The molecule has 0 saturated heterocycles. The molecule has 6 aromatic carbocycles. The molecule has 0 atom stereocenters. The first kappa shape index (κ1) is 36.3. The monoisotopic (exact) mass is 712 g/mol. The van der Waals surface area contributed by atoms with Crippen LogP contribution >= 0.6 is 17.0 Å². The van der Waals surface area contributed by atoms with Gasteiger partial charge in [0.25, 0.3) is 0 Å². The van der Waals surface area contributed by atoms with Gasteiger partial charge in [0, 0.05) is 9.52 Å². The second-order valence-corrected chi connectivity index (χ2v) is 16.0. The first-order chi connectivity index (χ1) is 21.2. The van der Waals surface area contributed by atoms with Crippen LogP contribution in [0.4, 0.5) is 0 Å². The summed E-state index contributed by atoms with van der Waals surface area (Å²) in [4.78, 5) is 0. The van der Waals surface area contributed by atoms with E-state index in [0.29, 0.717) is 0 Å². The van der Waals surface area contributed by atoms with Crippen LogP contribution in [0, 0.1) is 27.7 Å². The van der Waals surface area contributed by atoms with Gasteiger partial charge in [-0.1, -0.05) is 86.6 Å². The molecule has 0 amide bonds. The summed E-state index contributed by atoms with van der Waals surface area (Å²) in [6.45, 7) is 17.4. The van der Waals surface area contributed by atoms with Crippen molar-refractivity contribution in [1.82, 2.24) is 0 Å². The number of halogens is 2. The van der Waals surface area contributed by atoms with Crippen LogP contribution in [0.25, 0.3) is 43.8 Å². The molecule has 0 nitrogen and oxygen atoms in total. The average Bonchev–Trinajstić information content (AvgIpc) is 3.65. The van der Waals surface area contributed by atoms with Gasteiger partial charge in [-0.3, -0.25) is 0 Å². The minimum atomic E-state index is -0.826. The van der Waals surface area contributed by atoms with Gasteiger partial charge >= 0.3 is 37.9 Å². The van der Waals surface area contributed by atoms with Crippen molar-refractivity contribution in [2.24, 2.45) is 0 Å². The molecule has 0 N–H and O–H groups in total. The van der Waals surface area contributed by atoms with Crippen LogP contribution in [0.3, 0.4) is 0 Å². The van der Waals surface area contributed by atoms with E-state index < -0.39 is 20.8 Å². The quantitative estimate of drug-likeness (QED) is 0.126. The molecule has 0 saturated carbocycles. The summed E-state index contributed by atoms with van der Waals surface area (Å²) >= 11 is -0.826. The van der Waals surface area contributed by atoms with Crippen molar-refractivity contribution in [3.8, 4) is 22.3 Å². The van der Waals surface area contributed by atoms with Crippen LogP contribution < -0.4 is 0 Å². The Labute approximate surface area is 287 Å². The Kier molecular flexibility index (Phi) is 14.9. The van der Waals surface area contributed by atoms with Crippen molar-refractivity contribution in [3.63, 3.8) is 0 Å². The predicted molar refractivity (Wildman–Crippen MR) is 197 cm³/mol. The first-order valence-electron chi connectivity index (χ1n) is 15.3. The fourth-order valence-electron chi connectivity index (χ4n) is 5.32. The van der Waals surface area contributed by atoms with Crippen molar-refractivity contribution >= 4 is 48.1 Å². The van der Waals surface area contributed by atoms with E-state index in [1.165, 1.54) is 77.2 Å². The molecule has 0 heterocycles. The van der Waals surface area contributed by atoms with E-state index in [4.69, 9.17) is 17.0 Å². The van der Waals surface area contributed by atoms with Crippen molar-refractivity contribution in [2.45, 2.75) is 67.5 Å². The second-order valence-electron chi connectivity index (χ2n) is 11.2. The van der Waals surface area contributed by atoms with E-state index in [1.807, 2.05) is 0 Å². The third kappa shape index (κ3) is 9.40. The summed E-state index contributed by atoms with van der Waals surface area (Å²) in [5.74, 6) is 0. The summed E-state index contributed by atoms with van der Waals surface area (Å²) in [5.41, 5.74) is 13.6. The van der Waals surface area contributed by atoms with E-state index in [9.17, 15) is 0 Å². The van der Waals surface area contributed by atoms with Gasteiger partial charge in [-0.2, -0.15) is 12.1 Å². The molecule has 0 spiro atoms. The molecule has 6 rings (SSSR count). The van der Waals surface area contributed by atoms with Gasteiger partial charge in [0.15, 0.2) is 0 Å². The van der Waals surface area contributed by atoms with Gasteiger partial charge in [0.05, 0.1) is 0 Å². The van der Waals surface area contributed by atoms with Gasteiger partial charge in [-0.25, -0.2) is 0 Å². The molecule has 0 aliphatic rings. The van der Waals surface area contributed by atoms with E-state index in [-0.39, 0.29) is 0 Å². The summed E-state index contributed by atoms with van der Waals surface area (Å²) in [7, 11) is 11.0. The van der Waals surface area contributed by atoms with Crippen LogP contribution in [0.5, 0.6) is 0 Å². The normalized spacial score (nSPS) is 10.2. The third-order valence-corrected chi connectivity index (χ3v) is 8.07. The molecular formula is C40H44Cl2SiZr. The maximum absolute atomic E-state index is 4.93. The summed E-state index contributed by atoms with van der Waals surface area (Å²) in [6, 6.07) is 35.9. The second kappa shape index (κ2) is 18.1. The third-order valence-electron chi connectivity index (χ3n) is 8.07. The zero-order valence-electron chi connectivity index (χ0n) is 27.4. The van der Waals surface area contributed by atoms with Crippen molar-refractivity contribution < 1.29 is 20.8 Å². The van der Waals surface area contributed by atoms with E-state index in [2.05, 4.69) is 152 Å². The molecule has 44 heavy (non-hydrogen) atoms. The fourth-order valence-corrected chi connectivity index (χ4v) is 5.32. The number of fused-ring (bicyclic) bond motifs is 2. The molecule has 6 aromatic rings. The molecule has 4 heteroatoms. The number of rotatable bonds is 4. The number of aryl methyl sites for hydroxylation is 6. The minimum absolute atomic E-state index is 0.826. The molecule has 0 aliphatic carbocycles. The Morgan fingerprint density at radius 1 is 0.568 bits per heavy atom. The Morgan fingerprint density at radius 3 is 1.25 bits per heavy atom. The van der Waals surface area contributed by atoms with Crippen LogP contribution in [0.2, 0.25) is 13.1 Å². The fraction of sp³-hybridized carbons (Fsp3) is 0.250. The maximum atomic E-state index is 4.93. The average molecular weight is 715 g/mol. The van der Waals surface area contributed by atoms with Gasteiger partial charge in [-0.05, 0) is 73.9 Å². The van der Waals surface area contributed by atoms with Crippen molar-refractivity contribution in [3.05, 3.63) is 130 Å². The van der Waals surface area contributed by atoms with E-state index in [0.717, 1.165) is 22.4 Å². The van der Waals surface area contributed by atoms with Gasteiger partial charge < -0.3 is 0 Å². The molecular weight excluding hydrogens is 671 g/mol. The number of hydrogen-bond donors (Lipinski definition) is 0. The van der Waals surface area contributed by atoms with Crippen LogP contribution in [-0.2, 0) is 33.7 Å². The zero-order chi connectivity index (χ0) is 32.2. The van der Waals surface area contributed by atoms with Gasteiger partial charge in [0.2, 0.25) is 0 Å². The number of benzene rings is 4. The number of hydrogen-bond acceptors (Lipinski definition) is 0. The first-order valence-corrected chi connectivity index (χ1v) is 23.6. The Bertz CT molecular complexity index is 1640. The van der Waals surface area contributed by atoms with Gasteiger partial charge in [0.1, 0.15) is 0 Å². The predicted octanol–water partition coefficient (Wildman–Crippen LogP) is 13.0. The van der Waals surface area contributed by atoms with Crippen molar-refractivity contribution in [2.75, 3.05) is 0 Å². The molecule has 0 unspecified atom stereocenters. The summed E-state index contributed by atoms with van der Waals surface area (Å²) in [5, 5.41) is 5.46. The molecule has 0 aromatic heterocycles. The zero-order valence-corrected chi connectivity index (χ0v) is 32.4. The summed E-state index contributed by atoms with van der Waals surface area (Å²) < 4.78 is 0. The van der Waals surface area contributed by atoms with Gasteiger partial charge in [-0.15, -0.1) is 69.1 Å². The molecule has 0 fully saturated rings. The van der Waals surface area contributed by atoms with Crippen LogP contribution in [0.1, 0.15) is 47.2 Å². The molecule has 226 valence electrons. The molecule has 2 radical (unpaired) electrons.